The Labute approximate surface area is 396 Å². The molecule has 18 heteroatoms. The molecule has 9 rings (SSSR count). The zero-order valence-electron chi connectivity index (χ0n) is 37.5. The van der Waals surface area contributed by atoms with Gasteiger partial charge in [0.25, 0.3) is 23.6 Å². The van der Waals surface area contributed by atoms with Crippen LogP contribution >= 0.6 is 11.3 Å². The van der Waals surface area contributed by atoms with Crippen molar-refractivity contribution < 1.29 is 42.6 Å². The fourth-order valence-corrected chi connectivity index (χ4v) is 9.93. The summed E-state index contributed by atoms with van der Waals surface area (Å²) in [5.41, 5.74) is 5.45. The maximum absolute atomic E-state index is 14.8. The molecule has 0 aliphatic carbocycles. The standard InChI is InChI=1S/C50H51FN8O8S/c1-66-30-67-41-17-13-34(51)28-38(41)44(46(62)55-50-53-20-26-68-50)58-29-33-10-9-32(27-37(33)47(58)63)31-11-14-35(15-12-31)57-24-22-56(23-25-57)21-5-3-2-4-19-52-39-8-6-7-36-43(39)49(65)59(48(36)64)40-16-18-42(60)54-45(40)61/h6-15,17,20,26-28,40,44,52H,2-5,16,18-19,21-25,29-30H2,1H3,(H,53,55,62)(H,54,60,61). The number of methoxy groups -OCH3 is 1. The molecule has 4 aromatic carbocycles. The van der Waals surface area contributed by atoms with Crippen LogP contribution in [-0.2, 0) is 25.7 Å². The van der Waals surface area contributed by atoms with E-state index in [-0.39, 0.29) is 54.5 Å². The fourth-order valence-electron chi connectivity index (χ4n) is 9.40. The van der Waals surface area contributed by atoms with E-state index in [2.05, 4.69) is 55.0 Å². The van der Waals surface area contributed by atoms with Crippen LogP contribution in [-0.4, -0.2) is 114 Å². The van der Waals surface area contributed by atoms with E-state index in [9.17, 15) is 33.2 Å². The monoisotopic (exact) mass is 942 g/mol. The molecule has 4 aliphatic rings. The predicted octanol–water partition coefficient (Wildman–Crippen LogP) is 6.46. The largest absolute Gasteiger partial charge is 0.467 e. The zero-order valence-corrected chi connectivity index (χ0v) is 38.3. The average molecular weight is 943 g/mol. The number of benzene rings is 4. The number of nitrogens with one attached hydrogen (secondary N) is 3. The Morgan fingerprint density at radius 3 is 2.44 bits per heavy atom. The number of piperidine rings is 1. The highest BCUT2D eigenvalue weighted by Gasteiger charge is 2.46. The van der Waals surface area contributed by atoms with Gasteiger partial charge in [-0.15, -0.1) is 11.3 Å². The van der Waals surface area contributed by atoms with E-state index in [4.69, 9.17) is 9.47 Å². The normalized spacial score (nSPS) is 17.6. The smallest absolute Gasteiger partial charge is 0.264 e. The molecule has 1 aromatic heterocycles. The highest BCUT2D eigenvalue weighted by Crippen LogP contribution is 2.39. The summed E-state index contributed by atoms with van der Waals surface area (Å²) in [4.78, 5) is 90.2. The van der Waals surface area contributed by atoms with Crippen LogP contribution in [0.4, 0.5) is 20.9 Å². The molecule has 0 radical (unpaired) electrons. The van der Waals surface area contributed by atoms with Gasteiger partial charge in [-0.3, -0.25) is 49.2 Å². The first-order valence-corrected chi connectivity index (χ1v) is 23.7. The third-order valence-corrected chi connectivity index (χ3v) is 13.6. The van der Waals surface area contributed by atoms with Gasteiger partial charge in [0.1, 0.15) is 23.7 Å². The fraction of sp³-hybridized carbons (Fsp3) is 0.340. The average Bonchev–Trinajstić information content (AvgIpc) is 4.05. The molecule has 0 bridgehead atoms. The molecule has 0 spiro atoms. The second-order valence-corrected chi connectivity index (χ2v) is 18.1. The summed E-state index contributed by atoms with van der Waals surface area (Å²) in [6.07, 6.45) is 5.78. The molecule has 2 fully saturated rings. The van der Waals surface area contributed by atoms with Gasteiger partial charge in [0.05, 0.1) is 11.1 Å². The van der Waals surface area contributed by atoms with Gasteiger partial charge in [-0.1, -0.05) is 43.2 Å². The number of carbonyl (C=O) groups is 6. The lowest BCUT2D eigenvalue weighted by atomic mass is 10.00. The molecule has 352 valence electrons. The van der Waals surface area contributed by atoms with E-state index >= 15 is 0 Å². The van der Waals surface area contributed by atoms with Crippen molar-refractivity contribution in [1.82, 2.24) is 25.0 Å². The predicted molar refractivity (Wildman–Crippen MR) is 253 cm³/mol. The quantitative estimate of drug-likeness (QED) is 0.0496. The number of anilines is 3. The first-order valence-electron chi connectivity index (χ1n) is 22.8. The number of carbonyl (C=O) groups excluding carboxylic acids is 6. The number of aromatic nitrogens is 1. The Kier molecular flexibility index (Phi) is 13.9. The number of piperazine rings is 1. The molecule has 2 saturated heterocycles. The number of unbranched alkanes of at least 4 members (excludes halogenated alkanes) is 3. The van der Waals surface area contributed by atoms with E-state index in [1.807, 2.05) is 18.2 Å². The van der Waals surface area contributed by atoms with Crippen LogP contribution in [0.15, 0.2) is 90.4 Å². The summed E-state index contributed by atoms with van der Waals surface area (Å²) in [5, 5.41) is 10.4. The number of imide groups is 2. The highest BCUT2D eigenvalue weighted by atomic mass is 32.1. The first kappa shape index (κ1) is 46.1. The van der Waals surface area contributed by atoms with Gasteiger partial charge in [-0.25, -0.2) is 9.37 Å². The van der Waals surface area contributed by atoms with Crippen molar-refractivity contribution in [1.29, 1.82) is 0 Å². The summed E-state index contributed by atoms with van der Waals surface area (Å²) in [6.45, 7) is 5.35. The molecular formula is C50H51FN8O8S. The molecule has 16 nitrogen and oxygen atoms in total. The zero-order chi connectivity index (χ0) is 47.3. The van der Waals surface area contributed by atoms with Gasteiger partial charge in [0, 0.05) is 86.9 Å². The Morgan fingerprint density at radius 1 is 0.882 bits per heavy atom. The second-order valence-electron chi connectivity index (χ2n) is 17.2. The molecule has 4 aliphatic heterocycles. The number of halogens is 1. The highest BCUT2D eigenvalue weighted by molar-refractivity contribution is 7.13. The van der Waals surface area contributed by atoms with Gasteiger partial charge in [0.15, 0.2) is 11.9 Å². The number of rotatable bonds is 18. The van der Waals surface area contributed by atoms with Crippen LogP contribution < -0.4 is 25.6 Å². The van der Waals surface area contributed by atoms with E-state index in [1.54, 1.807) is 29.8 Å². The van der Waals surface area contributed by atoms with Gasteiger partial charge >= 0.3 is 0 Å². The molecular weight excluding hydrogens is 892 g/mol. The number of amides is 6. The van der Waals surface area contributed by atoms with Gasteiger partial charge in [-0.05, 0) is 91.0 Å². The summed E-state index contributed by atoms with van der Waals surface area (Å²) < 4.78 is 25.6. The van der Waals surface area contributed by atoms with Gasteiger partial charge < -0.3 is 24.6 Å². The SMILES string of the molecule is COCOc1ccc(F)cc1C(C(=O)Nc1nccs1)N1Cc2ccc(-c3ccc(N4CCN(CCCCCCNc5cccc6c5C(=O)N(C5CCC(=O)NC5=O)C6=O)CC4)cc3)cc2C1=O. The number of fused-ring (bicyclic) bond motifs is 2. The van der Waals surface area contributed by atoms with Crippen molar-refractivity contribution >= 4 is 63.3 Å². The molecule has 6 amide bonds. The van der Waals surface area contributed by atoms with E-state index in [1.165, 1.54) is 41.5 Å². The third kappa shape index (κ3) is 9.70. The third-order valence-electron chi connectivity index (χ3n) is 12.9. The van der Waals surface area contributed by atoms with Crippen LogP contribution in [0.5, 0.6) is 5.75 Å². The second kappa shape index (κ2) is 20.5. The van der Waals surface area contributed by atoms with Crippen molar-refractivity contribution in [3.63, 3.8) is 0 Å². The van der Waals surface area contributed by atoms with Crippen molar-refractivity contribution in [2.45, 2.75) is 57.2 Å². The van der Waals surface area contributed by atoms with Crippen LogP contribution in [0, 0.1) is 5.82 Å². The van der Waals surface area contributed by atoms with Crippen molar-refractivity contribution in [3.8, 4) is 16.9 Å². The van der Waals surface area contributed by atoms with Crippen molar-refractivity contribution in [2.24, 2.45) is 0 Å². The summed E-state index contributed by atoms with van der Waals surface area (Å²) >= 11 is 1.23. The van der Waals surface area contributed by atoms with Crippen LogP contribution in [0.2, 0.25) is 0 Å². The minimum absolute atomic E-state index is 0.0759. The maximum Gasteiger partial charge on any atom is 0.264 e. The van der Waals surface area contributed by atoms with E-state index in [0.717, 1.165) is 85.7 Å². The lowest BCUT2D eigenvalue weighted by Gasteiger charge is -2.36. The van der Waals surface area contributed by atoms with Crippen molar-refractivity contribution in [2.75, 3.05) is 68.7 Å². The summed E-state index contributed by atoms with van der Waals surface area (Å²) in [5.74, 6) is -3.33. The number of thiazole rings is 1. The Morgan fingerprint density at radius 2 is 1.68 bits per heavy atom. The molecule has 0 saturated carbocycles. The van der Waals surface area contributed by atoms with E-state index in [0.29, 0.717) is 22.9 Å². The van der Waals surface area contributed by atoms with Crippen LogP contribution in [0.1, 0.15) is 86.8 Å². The van der Waals surface area contributed by atoms with Crippen molar-refractivity contribution in [3.05, 3.63) is 124 Å². The number of hydrogen-bond donors (Lipinski definition) is 3. The molecule has 5 heterocycles. The summed E-state index contributed by atoms with van der Waals surface area (Å²) in [6, 6.07) is 20.8. The maximum atomic E-state index is 14.8. The van der Waals surface area contributed by atoms with Crippen LogP contribution in [0.3, 0.4) is 0 Å². The number of nitrogens with zero attached hydrogens (tertiary/aromatic N) is 5. The van der Waals surface area contributed by atoms with E-state index < -0.39 is 47.4 Å². The molecule has 2 unspecified atom stereocenters. The van der Waals surface area contributed by atoms with Gasteiger partial charge in [0.2, 0.25) is 11.8 Å². The topological polar surface area (TPSA) is 183 Å². The van der Waals surface area contributed by atoms with Crippen LogP contribution in [0.25, 0.3) is 11.1 Å². The molecule has 68 heavy (non-hydrogen) atoms. The number of hydrogen-bond acceptors (Lipinski definition) is 13. The molecule has 5 aromatic rings. The number of ether oxygens (including phenoxy) is 2. The lowest BCUT2D eigenvalue weighted by Crippen LogP contribution is -2.54. The minimum atomic E-state index is -1.23. The Bertz CT molecular complexity index is 2730. The summed E-state index contributed by atoms with van der Waals surface area (Å²) in [7, 11) is 1.46. The van der Waals surface area contributed by atoms with Gasteiger partial charge in [-0.2, -0.15) is 0 Å². The Balaban J connectivity index is 0.742. The molecule has 3 N–H and O–H groups in total. The minimum Gasteiger partial charge on any atom is -0.467 e. The Hall–Kier alpha value is -7.02. The lowest BCUT2D eigenvalue weighted by molar-refractivity contribution is -0.136. The first-order chi connectivity index (χ1) is 33.1. The molecule has 2 atom stereocenters.